The van der Waals surface area contributed by atoms with Gasteiger partial charge in [0.2, 0.25) is 5.88 Å². The van der Waals surface area contributed by atoms with Crippen LogP contribution in [0.15, 0.2) is 52.7 Å². The first kappa shape index (κ1) is 17.0. The van der Waals surface area contributed by atoms with E-state index >= 15 is 0 Å². The van der Waals surface area contributed by atoms with Crippen LogP contribution in [0.3, 0.4) is 0 Å². The number of para-hydroxylation sites is 1. The molecule has 7 heteroatoms. The lowest BCUT2D eigenvalue weighted by Gasteiger charge is -2.10. The average molecular weight is 358 g/mol. The normalized spacial score (nSPS) is 11.7. The summed E-state index contributed by atoms with van der Waals surface area (Å²) in [6.45, 7) is 3.87. The lowest BCUT2D eigenvalue weighted by Crippen LogP contribution is -1.98. The molecule has 6 nitrogen and oxygen atoms in total. The summed E-state index contributed by atoms with van der Waals surface area (Å²) in [6, 6.07) is 11.4. The topological polar surface area (TPSA) is 87.2 Å². The zero-order valence-corrected chi connectivity index (χ0v) is 14.4. The fraction of sp³-hybridized carbons (Fsp3) is 0.167. The number of amides is 1. The number of carbonyl (C=O) groups excluding carboxylic acids is 1. The van der Waals surface area contributed by atoms with Crippen LogP contribution in [0.25, 0.3) is 10.9 Å². The molecule has 1 aromatic heterocycles. The van der Waals surface area contributed by atoms with E-state index < -0.39 is 5.91 Å². The predicted molar refractivity (Wildman–Crippen MR) is 96.0 cm³/mol. The van der Waals surface area contributed by atoms with Crippen molar-refractivity contribution in [2.24, 2.45) is 10.2 Å². The van der Waals surface area contributed by atoms with Crippen LogP contribution in [0.4, 0.5) is 5.69 Å². The molecule has 0 aliphatic rings. The van der Waals surface area contributed by atoms with Crippen molar-refractivity contribution < 1.29 is 15.0 Å². The zero-order valence-electron chi connectivity index (χ0n) is 13.6. The molecule has 0 saturated heterocycles. The molecule has 0 atom stereocenters. The Morgan fingerprint density at radius 1 is 1.16 bits per heavy atom. The highest BCUT2D eigenvalue weighted by Gasteiger charge is 2.19. The first-order chi connectivity index (χ1) is 11.9. The summed E-state index contributed by atoms with van der Waals surface area (Å²) < 4.78 is 1.71. The van der Waals surface area contributed by atoms with Crippen LogP contribution in [0.2, 0.25) is 5.02 Å². The Balaban J connectivity index is 2.06. The molecule has 2 N–H and O–H groups in total. The van der Waals surface area contributed by atoms with Gasteiger partial charge in [-0.25, -0.2) is 0 Å². The van der Waals surface area contributed by atoms with E-state index in [4.69, 9.17) is 11.6 Å². The molecule has 1 heterocycles. The van der Waals surface area contributed by atoms with Gasteiger partial charge in [-0.3, -0.25) is 4.79 Å². The molecule has 0 radical (unpaired) electrons. The van der Waals surface area contributed by atoms with E-state index in [1.165, 1.54) is 18.2 Å². The first-order valence-corrected chi connectivity index (χ1v) is 8.04. The zero-order chi connectivity index (χ0) is 18.1. The maximum atomic E-state index is 12.2. The Bertz CT molecular complexity index is 993. The summed E-state index contributed by atoms with van der Waals surface area (Å²) in [5, 5.41) is 28.8. The van der Waals surface area contributed by atoms with E-state index in [1.54, 1.807) is 10.6 Å². The van der Waals surface area contributed by atoms with Crippen LogP contribution in [0.1, 0.15) is 30.2 Å². The van der Waals surface area contributed by atoms with Gasteiger partial charge in [0.25, 0.3) is 5.91 Å². The lowest BCUT2D eigenvalue weighted by molar-refractivity contribution is 0.0992. The maximum Gasteiger partial charge on any atom is 0.299 e. The number of aromatic nitrogens is 1. The van der Waals surface area contributed by atoms with E-state index in [-0.39, 0.29) is 28.9 Å². The standard InChI is InChI=1S/C18H16ClN3O3/c1-10(2)22-14-6-4-3-5-12(14)16(18(22)25)20-21-17(24)13-9-11(19)7-8-15(13)23/h3-10,23,25H,1-2H3. The van der Waals surface area contributed by atoms with Gasteiger partial charge in [0.1, 0.15) is 5.75 Å². The third-order valence-electron chi connectivity index (χ3n) is 3.80. The maximum absolute atomic E-state index is 12.2. The summed E-state index contributed by atoms with van der Waals surface area (Å²) in [5.41, 5.74) is 0.949. The van der Waals surface area contributed by atoms with Gasteiger partial charge in [0, 0.05) is 16.5 Å². The minimum absolute atomic E-state index is 0.00141. The molecule has 0 aliphatic heterocycles. The van der Waals surface area contributed by atoms with E-state index in [2.05, 4.69) is 10.2 Å². The molecule has 2 aromatic carbocycles. The van der Waals surface area contributed by atoms with Crippen molar-refractivity contribution in [1.82, 2.24) is 4.57 Å². The predicted octanol–water partition coefficient (Wildman–Crippen LogP) is 5.21. The Morgan fingerprint density at radius 2 is 1.88 bits per heavy atom. The van der Waals surface area contributed by atoms with Crippen molar-refractivity contribution in [3.8, 4) is 11.6 Å². The number of carbonyl (C=O) groups is 1. The van der Waals surface area contributed by atoms with Crippen LogP contribution in [0, 0.1) is 0 Å². The number of aromatic hydroxyl groups is 2. The highest BCUT2D eigenvalue weighted by molar-refractivity contribution is 6.31. The van der Waals surface area contributed by atoms with Crippen molar-refractivity contribution in [2.45, 2.75) is 19.9 Å². The second kappa shape index (κ2) is 6.57. The highest BCUT2D eigenvalue weighted by atomic mass is 35.5. The van der Waals surface area contributed by atoms with Crippen molar-refractivity contribution in [3.63, 3.8) is 0 Å². The Kier molecular flexibility index (Phi) is 4.46. The SMILES string of the molecule is CC(C)n1c(O)c(N=NC(=O)c2cc(Cl)ccc2O)c2ccccc21. The van der Waals surface area contributed by atoms with Gasteiger partial charge in [-0.2, -0.15) is 0 Å². The molecule has 0 saturated carbocycles. The van der Waals surface area contributed by atoms with Gasteiger partial charge in [0.15, 0.2) is 5.69 Å². The monoisotopic (exact) mass is 357 g/mol. The molecule has 0 spiro atoms. The summed E-state index contributed by atoms with van der Waals surface area (Å²) in [7, 11) is 0. The minimum atomic E-state index is -0.749. The second-order valence-electron chi connectivity index (χ2n) is 5.82. The quantitative estimate of drug-likeness (QED) is 0.630. The first-order valence-electron chi connectivity index (χ1n) is 7.66. The van der Waals surface area contributed by atoms with Gasteiger partial charge in [-0.15, -0.1) is 10.2 Å². The summed E-state index contributed by atoms with van der Waals surface area (Å²) in [4.78, 5) is 12.2. The van der Waals surface area contributed by atoms with Gasteiger partial charge >= 0.3 is 0 Å². The fourth-order valence-electron chi connectivity index (χ4n) is 2.68. The molecule has 1 amide bonds. The van der Waals surface area contributed by atoms with Gasteiger partial charge < -0.3 is 14.8 Å². The van der Waals surface area contributed by atoms with Crippen LogP contribution < -0.4 is 0 Å². The number of azo groups is 1. The molecule has 0 unspecified atom stereocenters. The molecule has 0 aliphatic carbocycles. The van der Waals surface area contributed by atoms with Crippen molar-refractivity contribution in [3.05, 3.63) is 53.1 Å². The summed E-state index contributed by atoms with van der Waals surface area (Å²) in [6.07, 6.45) is 0. The van der Waals surface area contributed by atoms with Crippen molar-refractivity contribution in [2.75, 3.05) is 0 Å². The highest BCUT2D eigenvalue weighted by Crippen LogP contribution is 2.40. The van der Waals surface area contributed by atoms with Crippen LogP contribution in [-0.2, 0) is 0 Å². The number of benzene rings is 2. The van der Waals surface area contributed by atoms with Crippen LogP contribution >= 0.6 is 11.6 Å². The number of halogens is 1. The fourth-order valence-corrected chi connectivity index (χ4v) is 2.85. The number of hydrogen-bond donors (Lipinski definition) is 2. The average Bonchev–Trinajstić information content (AvgIpc) is 2.86. The third-order valence-corrected chi connectivity index (χ3v) is 4.04. The van der Waals surface area contributed by atoms with E-state index in [1.807, 2.05) is 32.0 Å². The number of rotatable bonds is 3. The molecular formula is C18H16ClN3O3. The van der Waals surface area contributed by atoms with Gasteiger partial charge in [-0.05, 0) is 38.1 Å². The number of nitrogens with zero attached hydrogens (tertiary/aromatic N) is 3. The molecular weight excluding hydrogens is 342 g/mol. The number of phenolic OH excluding ortho intramolecular Hbond substituents is 1. The molecule has 3 rings (SSSR count). The van der Waals surface area contributed by atoms with Crippen molar-refractivity contribution >= 4 is 34.1 Å². The van der Waals surface area contributed by atoms with Gasteiger partial charge in [-0.1, -0.05) is 29.8 Å². The number of fused-ring (bicyclic) bond motifs is 1. The molecule has 0 bridgehead atoms. The largest absolute Gasteiger partial charge is 0.507 e. The number of phenols is 1. The van der Waals surface area contributed by atoms with E-state index in [9.17, 15) is 15.0 Å². The molecule has 25 heavy (non-hydrogen) atoms. The van der Waals surface area contributed by atoms with Crippen LogP contribution in [0.5, 0.6) is 11.6 Å². The Labute approximate surface area is 149 Å². The minimum Gasteiger partial charge on any atom is -0.507 e. The van der Waals surface area contributed by atoms with Crippen LogP contribution in [-0.4, -0.2) is 20.7 Å². The second-order valence-corrected chi connectivity index (χ2v) is 6.26. The van der Waals surface area contributed by atoms with Gasteiger partial charge in [0.05, 0.1) is 11.1 Å². The Hall–Kier alpha value is -2.86. The molecule has 3 aromatic rings. The summed E-state index contributed by atoms with van der Waals surface area (Å²) in [5.74, 6) is -1.05. The molecule has 0 fully saturated rings. The third kappa shape index (κ3) is 3.08. The Morgan fingerprint density at radius 3 is 2.60 bits per heavy atom. The van der Waals surface area contributed by atoms with Crippen molar-refractivity contribution in [1.29, 1.82) is 0 Å². The van der Waals surface area contributed by atoms with E-state index in [0.717, 1.165) is 5.52 Å². The van der Waals surface area contributed by atoms with E-state index in [0.29, 0.717) is 10.4 Å². The number of hydrogen-bond acceptors (Lipinski definition) is 4. The lowest BCUT2D eigenvalue weighted by atomic mass is 10.2. The smallest absolute Gasteiger partial charge is 0.299 e. The molecule has 128 valence electrons. The summed E-state index contributed by atoms with van der Waals surface area (Å²) >= 11 is 5.84.